The van der Waals surface area contributed by atoms with Gasteiger partial charge in [-0.25, -0.2) is 4.79 Å². The molecule has 4 rings (SSSR count). The highest BCUT2D eigenvalue weighted by Gasteiger charge is 2.12. The molecule has 0 bridgehead atoms. The normalized spacial score (nSPS) is 10.9. The summed E-state index contributed by atoms with van der Waals surface area (Å²) >= 11 is 0. The van der Waals surface area contributed by atoms with Gasteiger partial charge in [0.15, 0.2) is 0 Å². The Balaban J connectivity index is 1.37. The van der Waals surface area contributed by atoms with E-state index in [0.29, 0.717) is 25.2 Å². The first-order valence-electron chi connectivity index (χ1n) is 15.4. The van der Waals surface area contributed by atoms with Gasteiger partial charge in [-0.15, -0.1) is 0 Å². The zero-order chi connectivity index (χ0) is 31.1. The smallest absolute Gasteiger partial charge is 0.337 e. The van der Waals surface area contributed by atoms with Crippen LogP contribution < -0.4 is 4.74 Å². The first-order chi connectivity index (χ1) is 21.4. The number of carbonyl (C=O) groups excluding carboxylic acids is 2. The summed E-state index contributed by atoms with van der Waals surface area (Å²) in [6.07, 6.45) is 2.91. The van der Waals surface area contributed by atoms with E-state index in [1.165, 1.54) is 23.8 Å². The van der Waals surface area contributed by atoms with Crippen LogP contribution in [0.2, 0.25) is 0 Å². The fourth-order valence-electron chi connectivity index (χ4n) is 5.06. The van der Waals surface area contributed by atoms with Crippen molar-refractivity contribution in [3.8, 4) is 16.9 Å². The van der Waals surface area contributed by atoms with Crippen LogP contribution in [-0.4, -0.2) is 43.6 Å². The maximum atomic E-state index is 11.9. The van der Waals surface area contributed by atoms with E-state index in [-0.39, 0.29) is 11.9 Å². The van der Waals surface area contributed by atoms with E-state index in [2.05, 4.69) is 66.4 Å². The van der Waals surface area contributed by atoms with Crippen molar-refractivity contribution in [3.63, 3.8) is 0 Å². The number of ether oxygens (including phenoxy) is 3. The van der Waals surface area contributed by atoms with Crippen LogP contribution in [-0.2, 0) is 33.8 Å². The Morgan fingerprint density at radius 3 is 2.09 bits per heavy atom. The molecule has 0 saturated carbocycles. The number of benzene rings is 4. The fraction of sp³-hybridized carbons (Fsp3) is 0.316. The van der Waals surface area contributed by atoms with Gasteiger partial charge in [-0.2, -0.15) is 0 Å². The molecule has 6 nitrogen and oxygen atoms in total. The molecule has 0 aromatic heterocycles. The monoisotopic (exact) mass is 593 g/mol. The lowest BCUT2D eigenvalue weighted by Crippen LogP contribution is -2.27. The molecule has 0 aliphatic carbocycles. The highest BCUT2D eigenvalue weighted by Crippen LogP contribution is 2.23. The van der Waals surface area contributed by atoms with E-state index in [9.17, 15) is 9.59 Å². The van der Waals surface area contributed by atoms with Gasteiger partial charge in [0.1, 0.15) is 12.4 Å². The summed E-state index contributed by atoms with van der Waals surface area (Å²) in [7, 11) is 1.39. The van der Waals surface area contributed by atoms with Crippen molar-refractivity contribution >= 4 is 11.9 Å². The number of unbranched alkanes of at least 4 members (excludes halogenated alkanes) is 1. The molecule has 0 N–H and O–H groups in total. The van der Waals surface area contributed by atoms with Crippen molar-refractivity contribution in [2.45, 2.75) is 52.7 Å². The van der Waals surface area contributed by atoms with E-state index >= 15 is 0 Å². The molecule has 0 saturated heterocycles. The highest BCUT2D eigenvalue weighted by molar-refractivity contribution is 5.89. The minimum atomic E-state index is -0.341. The maximum Gasteiger partial charge on any atom is 0.337 e. The van der Waals surface area contributed by atoms with Crippen LogP contribution in [0.4, 0.5) is 0 Å². The number of carbonyl (C=O) groups is 2. The lowest BCUT2D eigenvalue weighted by Gasteiger charge is -2.23. The van der Waals surface area contributed by atoms with Crippen LogP contribution in [0.25, 0.3) is 11.1 Å². The Labute approximate surface area is 261 Å². The summed E-state index contributed by atoms with van der Waals surface area (Å²) in [5.41, 5.74) is 7.57. The minimum Gasteiger partial charge on any atom is -0.489 e. The molecule has 0 amide bonds. The number of para-hydroxylation sites is 1. The van der Waals surface area contributed by atoms with E-state index < -0.39 is 0 Å². The van der Waals surface area contributed by atoms with Gasteiger partial charge in [-0.3, -0.25) is 9.69 Å². The number of hydrogen-bond acceptors (Lipinski definition) is 6. The third kappa shape index (κ3) is 10.1. The summed E-state index contributed by atoms with van der Waals surface area (Å²) < 4.78 is 16.2. The number of nitrogens with zero attached hydrogens (tertiary/aromatic N) is 1. The molecule has 0 spiro atoms. The van der Waals surface area contributed by atoms with Gasteiger partial charge in [0.25, 0.3) is 0 Å². The summed E-state index contributed by atoms with van der Waals surface area (Å²) in [5, 5.41) is 0. The summed E-state index contributed by atoms with van der Waals surface area (Å²) in [5.74, 6) is 0.402. The van der Waals surface area contributed by atoms with Crippen LogP contribution in [0.3, 0.4) is 0 Å². The molecule has 4 aromatic rings. The predicted molar refractivity (Wildman–Crippen MR) is 175 cm³/mol. The van der Waals surface area contributed by atoms with Crippen LogP contribution in [0, 0.1) is 6.92 Å². The minimum absolute atomic E-state index is 0.145. The molecule has 4 aromatic carbocycles. The summed E-state index contributed by atoms with van der Waals surface area (Å²) in [6, 6.07) is 32.9. The Morgan fingerprint density at radius 2 is 1.41 bits per heavy atom. The van der Waals surface area contributed by atoms with E-state index in [1.807, 2.05) is 37.3 Å². The molecule has 44 heavy (non-hydrogen) atoms. The molecule has 0 aliphatic heterocycles. The molecule has 0 aliphatic rings. The second-order valence-corrected chi connectivity index (χ2v) is 10.9. The van der Waals surface area contributed by atoms with Crippen molar-refractivity contribution in [2.24, 2.45) is 0 Å². The van der Waals surface area contributed by atoms with Crippen molar-refractivity contribution in [3.05, 3.63) is 125 Å². The van der Waals surface area contributed by atoms with Gasteiger partial charge in [0.05, 0.1) is 19.3 Å². The fourth-order valence-corrected chi connectivity index (χ4v) is 5.06. The van der Waals surface area contributed by atoms with Gasteiger partial charge in [-0.05, 0) is 85.7 Å². The molecule has 0 unspecified atom stereocenters. The average molecular weight is 594 g/mol. The van der Waals surface area contributed by atoms with Gasteiger partial charge >= 0.3 is 11.9 Å². The maximum absolute atomic E-state index is 11.9. The summed E-state index contributed by atoms with van der Waals surface area (Å²) in [4.78, 5) is 26.1. The van der Waals surface area contributed by atoms with Crippen LogP contribution >= 0.6 is 0 Å². The van der Waals surface area contributed by atoms with Crippen LogP contribution in [0.15, 0.2) is 97.1 Å². The van der Waals surface area contributed by atoms with Crippen molar-refractivity contribution in [1.29, 1.82) is 0 Å². The second kappa shape index (κ2) is 17.0. The lowest BCUT2D eigenvalue weighted by atomic mass is 10.0. The average Bonchev–Trinajstić information content (AvgIpc) is 3.05. The number of rotatable bonds is 16. The second-order valence-electron chi connectivity index (χ2n) is 10.9. The largest absolute Gasteiger partial charge is 0.489 e. The van der Waals surface area contributed by atoms with Gasteiger partial charge in [0.2, 0.25) is 0 Å². The number of methoxy groups -OCH3 is 1. The van der Waals surface area contributed by atoms with Gasteiger partial charge in [0, 0.05) is 19.5 Å². The molecule has 0 atom stereocenters. The highest BCUT2D eigenvalue weighted by atomic mass is 16.5. The van der Waals surface area contributed by atoms with E-state index in [0.717, 1.165) is 61.3 Å². The summed E-state index contributed by atoms with van der Waals surface area (Å²) in [6.45, 7) is 7.23. The molecule has 0 radical (unpaired) electrons. The quantitative estimate of drug-likeness (QED) is 0.0976. The molecular weight excluding hydrogens is 550 g/mol. The van der Waals surface area contributed by atoms with Crippen molar-refractivity contribution in [1.82, 2.24) is 4.90 Å². The van der Waals surface area contributed by atoms with E-state index in [4.69, 9.17) is 14.2 Å². The molecular formula is C38H43NO5. The first-order valence-corrected chi connectivity index (χ1v) is 15.4. The Bertz CT molecular complexity index is 1460. The zero-order valence-corrected chi connectivity index (χ0v) is 26.1. The third-order valence-electron chi connectivity index (χ3n) is 7.59. The Kier molecular flexibility index (Phi) is 12.6. The Morgan fingerprint density at radius 1 is 0.750 bits per heavy atom. The third-order valence-corrected chi connectivity index (χ3v) is 7.59. The topological polar surface area (TPSA) is 65.1 Å². The van der Waals surface area contributed by atoms with Crippen LogP contribution in [0.5, 0.6) is 5.75 Å². The molecule has 0 fully saturated rings. The first kappa shape index (κ1) is 32.5. The lowest BCUT2D eigenvalue weighted by molar-refractivity contribution is -0.143. The number of hydrogen-bond donors (Lipinski definition) is 0. The zero-order valence-electron chi connectivity index (χ0n) is 26.1. The Hall–Kier alpha value is -4.42. The standard InChI is InChI=1S/C38H43NO5/c1-4-43-37(40)11-7-8-25-39(27-30-14-22-35(23-15-30)38(41)42-3)26-24-34-9-5-6-10-36(34)44-28-31-16-20-33(21-17-31)32-18-12-29(2)13-19-32/h5-6,9-10,12-23H,4,7-8,11,24-28H2,1-3H3. The molecule has 230 valence electrons. The van der Waals surface area contributed by atoms with Gasteiger partial charge in [-0.1, -0.05) is 84.4 Å². The van der Waals surface area contributed by atoms with Gasteiger partial charge < -0.3 is 14.2 Å². The predicted octanol–water partition coefficient (Wildman–Crippen LogP) is 7.81. The van der Waals surface area contributed by atoms with Crippen LogP contribution in [0.1, 0.15) is 58.8 Å². The molecule has 6 heteroatoms. The van der Waals surface area contributed by atoms with Crippen molar-refractivity contribution < 1.29 is 23.8 Å². The SMILES string of the molecule is CCOC(=O)CCCCN(CCc1ccccc1OCc1ccc(-c2ccc(C)cc2)cc1)Cc1ccc(C(=O)OC)cc1. The molecule has 0 heterocycles. The van der Waals surface area contributed by atoms with Crippen molar-refractivity contribution in [2.75, 3.05) is 26.8 Å². The van der Waals surface area contributed by atoms with E-state index in [1.54, 1.807) is 12.1 Å². The number of aryl methyl sites for hydroxylation is 1. The number of esters is 2.